The summed E-state index contributed by atoms with van der Waals surface area (Å²) in [7, 11) is 1.27. The molecular weight excluding hydrogens is 418 g/mol. The first kappa shape index (κ1) is 19.3. The Labute approximate surface area is 161 Å². The number of carbonyl (C=O) groups excluding carboxylic acids is 2. The van der Waals surface area contributed by atoms with Crippen LogP contribution in [-0.2, 0) is 9.53 Å². The molecule has 1 N–H and O–H groups in total. The molecular formula is C14H10Cl4N2O3S. The van der Waals surface area contributed by atoms with Crippen molar-refractivity contribution in [3.63, 3.8) is 0 Å². The van der Waals surface area contributed by atoms with Crippen LogP contribution in [0.2, 0.25) is 20.2 Å². The number of nitrogens with zero attached hydrogens (tertiary/aromatic N) is 1. The van der Waals surface area contributed by atoms with Crippen LogP contribution in [0.4, 0.5) is 0 Å². The van der Waals surface area contributed by atoms with Crippen LogP contribution in [0.15, 0.2) is 17.5 Å². The van der Waals surface area contributed by atoms with Crippen molar-refractivity contribution in [3.05, 3.63) is 48.3 Å². The first-order valence-corrected chi connectivity index (χ1v) is 8.85. The molecule has 0 aliphatic rings. The fraction of sp³-hybridized carbons (Fsp3) is 0.214. The van der Waals surface area contributed by atoms with Crippen LogP contribution in [0.1, 0.15) is 27.8 Å². The summed E-state index contributed by atoms with van der Waals surface area (Å²) < 4.78 is 4.66. The predicted octanol–water partition coefficient (Wildman–Crippen LogP) is 4.79. The third-order valence-corrected chi connectivity index (χ3v) is 5.65. The summed E-state index contributed by atoms with van der Waals surface area (Å²) in [5.74, 6) is -1.11. The van der Waals surface area contributed by atoms with Gasteiger partial charge in [0.15, 0.2) is 0 Å². The van der Waals surface area contributed by atoms with Crippen molar-refractivity contribution in [2.45, 2.75) is 12.5 Å². The number of thiophene rings is 1. The molecule has 2 aromatic rings. The second-order valence-electron chi connectivity index (χ2n) is 4.51. The Morgan fingerprint density at radius 1 is 1.25 bits per heavy atom. The topological polar surface area (TPSA) is 68.3 Å². The lowest BCUT2D eigenvalue weighted by molar-refractivity contribution is -0.141. The van der Waals surface area contributed by atoms with Gasteiger partial charge in [0.05, 0.1) is 34.6 Å². The second-order valence-corrected chi connectivity index (χ2v) is 6.99. The summed E-state index contributed by atoms with van der Waals surface area (Å²) in [6.07, 6.45) is -0.0462. The molecule has 2 rings (SSSR count). The fourth-order valence-corrected chi connectivity index (χ4v) is 3.42. The van der Waals surface area contributed by atoms with E-state index in [1.54, 1.807) is 12.1 Å². The maximum absolute atomic E-state index is 12.5. The minimum Gasteiger partial charge on any atom is -0.469 e. The van der Waals surface area contributed by atoms with Crippen LogP contribution in [0, 0.1) is 0 Å². The fourth-order valence-electron chi connectivity index (χ4n) is 1.83. The van der Waals surface area contributed by atoms with E-state index in [2.05, 4.69) is 15.0 Å². The van der Waals surface area contributed by atoms with Gasteiger partial charge in [-0.05, 0) is 11.4 Å². The van der Waals surface area contributed by atoms with Crippen LogP contribution in [0.3, 0.4) is 0 Å². The Kier molecular flexibility index (Phi) is 6.71. The van der Waals surface area contributed by atoms with Gasteiger partial charge >= 0.3 is 5.97 Å². The molecule has 1 unspecified atom stereocenters. The Balaban J connectivity index is 2.30. The van der Waals surface area contributed by atoms with Gasteiger partial charge in [-0.3, -0.25) is 9.59 Å². The zero-order valence-electron chi connectivity index (χ0n) is 12.1. The summed E-state index contributed by atoms with van der Waals surface area (Å²) in [5.41, 5.74) is -0.178. The maximum atomic E-state index is 12.5. The van der Waals surface area contributed by atoms with Crippen molar-refractivity contribution in [3.8, 4) is 0 Å². The number of pyridine rings is 1. The van der Waals surface area contributed by atoms with Crippen molar-refractivity contribution < 1.29 is 14.3 Å². The molecule has 0 radical (unpaired) electrons. The molecule has 10 heteroatoms. The monoisotopic (exact) mass is 426 g/mol. The van der Waals surface area contributed by atoms with Crippen molar-refractivity contribution in [2.24, 2.45) is 0 Å². The number of carbonyl (C=O) groups is 2. The standard InChI is InChI=1S/C14H10Cl4N2O3S/c1-23-8(21)5-6(7-3-2-4-24-7)19-14(22)12-10(16)9(15)11(17)13(18)20-12/h2-4,6H,5H2,1H3,(H,19,22). The van der Waals surface area contributed by atoms with Crippen LogP contribution in [0.25, 0.3) is 0 Å². The number of ether oxygens (including phenoxy) is 1. The summed E-state index contributed by atoms with van der Waals surface area (Å²) >= 11 is 25.0. The van der Waals surface area contributed by atoms with Crippen molar-refractivity contribution in [2.75, 3.05) is 7.11 Å². The quantitative estimate of drug-likeness (QED) is 0.550. The number of methoxy groups -OCH3 is 1. The van der Waals surface area contributed by atoms with Gasteiger partial charge in [-0.1, -0.05) is 52.5 Å². The zero-order valence-corrected chi connectivity index (χ0v) is 15.9. The van der Waals surface area contributed by atoms with Crippen molar-refractivity contribution in [1.29, 1.82) is 0 Å². The summed E-state index contributed by atoms with van der Waals surface area (Å²) in [4.78, 5) is 28.7. The van der Waals surface area contributed by atoms with Gasteiger partial charge in [0.25, 0.3) is 5.91 Å². The van der Waals surface area contributed by atoms with E-state index in [1.807, 2.05) is 5.38 Å². The van der Waals surface area contributed by atoms with Gasteiger partial charge < -0.3 is 10.1 Å². The van der Waals surface area contributed by atoms with Gasteiger partial charge in [-0.25, -0.2) is 4.98 Å². The number of aromatic nitrogens is 1. The molecule has 24 heavy (non-hydrogen) atoms. The number of esters is 1. The summed E-state index contributed by atoms with van der Waals surface area (Å²) in [5, 5.41) is 4.14. The van der Waals surface area contributed by atoms with Gasteiger partial charge in [-0.2, -0.15) is 0 Å². The van der Waals surface area contributed by atoms with E-state index in [0.29, 0.717) is 0 Å². The molecule has 0 saturated carbocycles. The molecule has 128 valence electrons. The van der Waals surface area contributed by atoms with Crippen LogP contribution in [0.5, 0.6) is 0 Å². The van der Waals surface area contributed by atoms with Crippen LogP contribution in [-0.4, -0.2) is 24.0 Å². The number of amides is 1. The summed E-state index contributed by atoms with van der Waals surface area (Å²) in [6.45, 7) is 0. The Morgan fingerprint density at radius 3 is 2.54 bits per heavy atom. The first-order valence-electron chi connectivity index (χ1n) is 6.46. The van der Waals surface area contributed by atoms with E-state index in [-0.39, 0.29) is 32.3 Å². The van der Waals surface area contributed by atoms with E-state index in [9.17, 15) is 9.59 Å². The third-order valence-electron chi connectivity index (χ3n) is 2.99. The normalized spacial score (nSPS) is 11.9. The molecule has 0 aliphatic heterocycles. The van der Waals surface area contributed by atoms with Gasteiger partial charge in [0.1, 0.15) is 10.8 Å². The van der Waals surface area contributed by atoms with E-state index < -0.39 is 17.9 Å². The second kappa shape index (κ2) is 8.36. The number of halogens is 4. The lowest BCUT2D eigenvalue weighted by Gasteiger charge is -2.17. The predicted molar refractivity (Wildman–Crippen MR) is 95.4 cm³/mol. The Morgan fingerprint density at radius 2 is 1.96 bits per heavy atom. The van der Waals surface area contributed by atoms with Crippen molar-refractivity contribution >= 4 is 69.6 Å². The molecule has 2 heterocycles. The molecule has 0 fully saturated rings. The average Bonchev–Trinajstić information content (AvgIpc) is 3.09. The molecule has 0 spiro atoms. The number of nitrogens with one attached hydrogen (secondary N) is 1. The molecule has 0 bridgehead atoms. The summed E-state index contributed by atoms with van der Waals surface area (Å²) in [6, 6.07) is 2.99. The highest BCUT2D eigenvalue weighted by Crippen LogP contribution is 2.36. The number of hydrogen-bond donors (Lipinski definition) is 1. The van der Waals surface area contributed by atoms with Crippen LogP contribution < -0.4 is 5.32 Å². The number of hydrogen-bond acceptors (Lipinski definition) is 5. The number of rotatable bonds is 5. The molecule has 1 atom stereocenters. The maximum Gasteiger partial charge on any atom is 0.307 e. The molecule has 0 aliphatic carbocycles. The minimum atomic E-state index is -0.636. The Hall–Kier alpha value is -1.05. The molecule has 5 nitrogen and oxygen atoms in total. The van der Waals surface area contributed by atoms with E-state index in [4.69, 9.17) is 46.4 Å². The largest absolute Gasteiger partial charge is 0.469 e. The lowest BCUT2D eigenvalue weighted by Crippen LogP contribution is -2.31. The molecule has 0 saturated heterocycles. The van der Waals surface area contributed by atoms with Gasteiger partial charge in [-0.15, -0.1) is 11.3 Å². The van der Waals surface area contributed by atoms with E-state index in [1.165, 1.54) is 18.4 Å². The van der Waals surface area contributed by atoms with E-state index >= 15 is 0 Å². The van der Waals surface area contributed by atoms with Gasteiger partial charge in [0.2, 0.25) is 0 Å². The lowest BCUT2D eigenvalue weighted by atomic mass is 10.1. The van der Waals surface area contributed by atoms with Crippen molar-refractivity contribution in [1.82, 2.24) is 10.3 Å². The molecule has 1 amide bonds. The first-order chi connectivity index (χ1) is 11.3. The highest BCUT2D eigenvalue weighted by molar-refractivity contribution is 7.10. The van der Waals surface area contributed by atoms with Crippen LogP contribution >= 0.6 is 57.7 Å². The highest BCUT2D eigenvalue weighted by atomic mass is 35.5. The zero-order chi connectivity index (χ0) is 17.9. The smallest absolute Gasteiger partial charge is 0.307 e. The minimum absolute atomic E-state index is 0.0377. The van der Waals surface area contributed by atoms with Gasteiger partial charge in [0, 0.05) is 4.88 Å². The van der Waals surface area contributed by atoms with E-state index in [0.717, 1.165) is 4.88 Å². The third kappa shape index (κ3) is 4.32. The average molecular weight is 428 g/mol. The molecule has 0 aromatic carbocycles. The molecule has 2 aromatic heterocycles. The Bertz CT molecular complexity index is 768. The highest BCUT2D eigenvalue weighted by Gasteiger charge is 2.25. The SMILES string of the molecule is COC(=O)CC(NC(=O)c1nc(Cl)c(Cl)c(Cl)c1Cl)c1cccs1.